The molecule has 0 atom stereocenters. The maximum Gasteiger partial charge on any atom is 0.280 e. The average molecular weight is 380 g/mol. The van der Waals surface area contributed by atoms with E-state index in [2.05, 4.69) is 36.2 Å². The van der Waals surface area contributed by atoms with E-state index in [-0.39, 0.29) is 23.2 Å². The maximum atomic E-state index is 13.0. The molecule has 0 saturated heterocycles. The van der Waals surface area contributed by atoms with Gasteiger partial charge < -0.3 is 0 Å². The summed E-state index contributed by atoms with van der Waals surface area (Å²) < 4.78 is 15.1. The molecule has 0 aliphatic carbocycles. The average Bonchev–Trinajstić information content (AvgIpc) is 2.78. The fraction of sp³-hybridized carbons (Fsp3) is 0.143. The fourth-order valence-corrected chi connectivity index (χ4v) is 2.59. The number of hydrogen-bond acceptors (Lipinski definition) is 4. The highest BCUT2D eigenvalue weighted by molar-refractivity contribution is 9.10. The second-order valence-corrected chi connectivity index (χ2v) is 5.57. The number of carbonyl (C=O) groups excluding carboxylic acids is 1. The molecule has 7 nitrogen and oxygen atoms in total. The van der Waals surface area contributed by atoms with Crippen molar-refractivity contribution in [3.8, 4) is 0 Å². The monoisotopic (exact) mass is 379 g/mol. The van der Waals surface area contributed by atoms with E-state index in [0.29, 0.717) is 16.9 Å². The van der Waals surface area contributed by atoms with Gasteiger partial charge in [-0.1, -0.05) is 12.1 Å². The number of hydrogen-bond donors (Lipinski definition) is 2. The van der Waals surface area contributed by atoms with Gasteiger partial charge in [-0.25, -0.2) is 9.37 Å². The number of rotatable bonds is 3. The zero-order valence-corrected chi connectivity index (χ0v) is 13.5. The molecule has 0 fully saturated rings. The molecule has 2 aromatic heterocycles. The van der Waals surface area contributed by atoms with Crippen LogP contribution in [0.2, 0.25) is 0 Å². The van der Waals surface area contributed by atoms with Crippen molar-refractivity contribution in [1.82, 2.24) is 19.5 Å². The number of aromatic amines is 1. The Hall–Kier alpha value is -2.55. The van der Waals surface area contributed by atoms with Crippen molar-refractivity contribution in [1.29, 1.82) is 0 Å². The van der Waals surface area contributed by atoms with Gasteiger partial charge in [-0.15, -0.1) is 0 Å². The van der Waals surface area contributed by atoms with Gasteiger partial charge in [0.25, 0.3) is 5.56 Å². The molecule has 2 N–H and O–H groups in total. The summed E-state index contributed by atoms with van der Waals surface area (Å²) in [5.74, 6) is -0.634. The van der Waals surface area contributed by atoms with E-state index < -0.39 is 5.56 Å². The van der Waals surface area contributed by atoms with Crippen molar-refractivity contribution in [3.05, 3.63) is 50.7 Å². The molecule has 1 amide bonds. The number of fused-ring (bicyclic) bond motifs is 1. The van der Waals surface area contributed by atoms with Crippen LogP contribution in [-0.2, 0) is 11.3 Å². The van der Waals surface area contributed by atoms with Crippen LogP contribution in [0.1, 0.15) is 12.5 Å². The Balaban J connectivity index is 2.10. The number of anilines is 1. The molecular weight excluding hydrogens is 369 g/mol. The Labute approximate surface area is 137 Å². The Morgan fingerprint density at radius 2 is 2.04 bits per heavy atom. The Kier molecular flexibility index (Phi) is 3.95. The lowest BCUT2D eigenvalue weighted by molar-refractivity contribution is -0.114. The number of benzene rings is 1. The van der Waals surface area contributed by atoms with Crippen molar-refractivity contribution in [2.45, 2.75) is 13.5 Å². The van der Waals surface area contributed by atoms with Crippen LogP contribution in [0.25, 0.3) is 11.2 Å². The molecule has 3 rings (SSSR count). The normalized spacial score (nSPS) is 10.9. The topological polar surface area (TPSA) is 92.7 Å². The molecule has 2 heterocycles. The van der Waals surface area contributed by atoms with Crippen LogP contribution < -0.4 is 10.9 Å². The van der Waals surface area contributed by atoms with Gasteiger partial charge in [0.15, 0.2) is 15.9 Å². The number of imidazole rings is 1. The molecule has 0 radical (unpaired) electrons. The summed E-state index contributed by atoms with van der Waals surface area (Å²) in [4.78, 5) is 34.0. The van der Waals surface area contributed by atoms with E-state index in [1.807, 2.05) is 0 Å². The summed E-state index contributed by atoms with van der Waals surface area (Å²) in [6, 6.07) is 5.97. The van der Waals surface area contributed by atoms with E-state index >= 15 is 0 Å². The fourth-order valence-electron chi connectivity index (χ4n) is 2.12. The summed E-state index contributed by atoms with van der Waals surface area (Å²) >= 11 is 3.29. The molecule has 0 aliphatic heterocycles. The van der Waals surface area contributed by atoms with Crippen molar-refractivity contribution in [3.63, 3.8) is 0 Å². The minimum atomic E-state index is -0.461. The number of nitrogens with zero attached hydrogens (tertiary/aromatic N) is 3. The van der Waals surface area contributed by atoms with Gasteiger partial charge in [-0.05, 0) is 33.6 Å². The molecule has 0 unspecified atom stereocenters. The molecule has 0 bridgehead atoms. The molecule has 1 aromatic carbocycles. The number of halogens is 2. The quantitative estimate of drug-likeness (QED) is 0.680. The van der Waals surface area contributed by atoms with Gasteiger partial charge in [0, 0.05) is 6.92 Å². The van der Waals surface area contributed by atoms with Gasteiger partial charge in [-0.3, -0.25) is 24.5 Å². The van der Waals surface area contributed by atoms with E-state index in [9.17, 15) is 14.0 Å². The van der Waals surface area contributed by atoms with Crippen LogP contribution in [0.5, 0.6) is 0 Å². The van der Waals surface area contributed by atoms with Gasteiger partial charge in [-0.2, -0.15) is 4.98 Å². The number of aromatic nitrogens is 4. The zero-order valence-electron chi connectivity index (χ0n) is 11.9. The smallest absolute Gasteiger partial charge is 0.280 e. The van der Waals surface area contributed by atoms with Crippen molar-refractivity contribution >= 4 is 38.9 Å². The largest absolute Gasteiger partial charge is 0.298 e. The van der Waals surface area contributed by atoms with Gasteiger partial charge in [0.05, 0.1) is 6.54 Å². The van der Waals surface area contributed by atoms with Crippen LogP contribution >= 0.6 is 15.9 Å². The Morgan fingerprint density at radius 3 is 2.70 bits per heavy atom. The molecule has 0 saturated carbocycles. The van der Waals surface area contributed by atoms with Crippen molar-refractivity contribution < 1.29 is 9.18 Å². The summed E-state index contributed by atoms with van der Waals surface area (Å²) in [7, 11) is 0. The lowest BCUT2D eigenvalue weighted by atomic mass is 10.2. The SMILES string of the molecule is CC(=O)Nc1nc2c(nc(Br)n2Cc2ccc(F)cc2)c(=O)[nH]1. The summed E-state index contributed by atoms with van der Waals surface area (Å²) in [6.07, 6.45) is 0. The molecule has 23 heavy (non-hydrogen) atoms. The molecule has 118 valence electrons. The van der Waals surface area contributed by atoms with E-state index in [4.69, 9.17) is 0 Å². The first-order chi connectivity index (χ1) is 10.9. The first-order valence-electron chi connectivity index (χ1n) is 6.62. The molecule has 0 spiro atoms. The summed E-state index contributed by atoms with van der Waals surface area (Å²) in [6.45, 7) is 1.66. The first-order valence-corrected chi connectivity index (χ1v) is 7.41. The third kappa shape index (κ3) is 3.14. The highest BCUT2D eigenvalue weighted by Crippen LogP contribution is 2.19. The number of carbonyl (C=O) groups is 1. The van der Waals surface area contributed by atoms with Crippen LogP contribution in [0.3, 0.4) is 0 Å². The second-order valence-electron chi connectivity index (χ2n) is 4.86. The lowest BCUT2D eigenvalue weighted by Gasteiger charge is -2.06. The number of H-pyrrole nitrogens is 1. The van der Waals surface area contributed by atoms with Gasteiger partial charge >= 0.3 is 0 Å². The van der Waals surface area contributed by atoms with Crippen molar-refractivity contribution in [2.24, 2.45) is 0 Å². The van der Waals surface area contributed by atoms with E-state index in [1.165, 1.54) is 19.1 Å². The van der Waals surface area contributed by atoms with Crippen LogP contribution in [0, 0.1) is 5.82 Å². The van der Waals surface area contributed by atoms with E-state index in [1.54, 1.807) is 16.7 Å². The Bertz CT molecular complexity index is 948. The highest BCUT2D eigenvalue weighted by Gasteiger charge is 2.15. The standard InChI is InChI=1S/C14H11BrFN5O2/c1-7(22)17-14-19-11-10(12(23)20-14)18-13(15)21(11)6-8-2-4-9(16)5-3-8/h2-5H,6H2,1H3,(H2,17,19,20,22,23). The maximum absolute atomic E-state index is 13.0. The summed E-state index contributed by atoms with van der Waals surface area (Å²) in [5.41, 5.74) is 0.814. The number of amides is 1. The van der Waals surface area contributed by atoms with Crippen LogP contribution in [0.4, 0.5) is 10.3 Å². The third-order valence-electron chi connectivity index (χ3n) is 3.11. The van der Waals surface area contributed by atoms with Gasteiger partial charge in [0.1, 0.15) is 5.82 Å². The lowest BCUT2D eigenvalue weighted by Crippen LogP contribution is -2.16. The molecule has 9 heteroatoms. The third-order valence-corrected chi connectivity index (χ3v) is 3.71. The summed E-state index contributed by atoms with van der Waals surface area (Å²) in [5, 5.41) is 2.43. The highest BCUT2D eigenvalue weighted by atomic mass is 79.9. The molecular formula is C14H11BrFN5O2. The predicted octanol–water partition coefficient (Wildman–Crippen LogP) is 2.03. The minimum absolute atomic E-state index is 0.0442. The second kappa shape index (κ2) is 5.92. The first kappa shape index (κ1) is 15.3. The Morgan fingerprint density at radius 1 is 1.35 bits per heavy atom. The van der Waals surface area contributed by atoms with Gasteiger partial charge in [0.2, 0.25) is 11.9 Å². The van der Waals surface area contributed by atoms with Crippen LogP contribution in [-0.4, -0.2) is 25.4 Å². The molecule has 3 aromatic rings. The van der Waals surface area contributed by atoms with Crippen molar-refractivity contribution in [2.75, 3.05) is 5.32 Å². The van der Waals surface area contributed by atoms with Crippen LogP contribution in [0.15, 0.2) is 33.8 Å². The molecule has 0 aliphatic rings. The minimum Gasteiger partial charge on any atom is -0.298 e. The number of nitrogens with one attached hydrogen (secondary N) is 2. The van der Waals surface area contributed by atoms with E-state index in [0.717, 1.165) is 5.56 Å². The zero-order chi connectivity index (χ0) is 16.6. The predicted molar refractivity (Wildman–Crippen MR) is 85.7 cm³/mol.